The monoisotopic (exact) mass is 292 g/mol. The molecule has 0 saturated heterocycles. The van der Waals surface area contributed by atoms with Crippen LogP contribution in [-0.2, 0) is 4.79 Å². The zero-order chi connectivity index (χ0) is 15.1. The fraction of sp³-hybridized carbons (Fsp3) is 0.167. The number of nitrogens with zero attached hydrogens (tertiary/aromatic N) is 2. The van der Waals surface area contributed by atoms with Crippen LogP contribution in [0.5, 0.6) is 0 Å². The van der Waals surface area contributed by atoms with Crippen molar-refractivity contribution in [1.82, 2.24) is 0 Å². The third-order valence-electron chi connectivity index (χ3n) is 2.22. The Labute approximate surface area is 120 Å². The topological polar surface area (TPSA) is 127 Å². The Balaban J connectivity index is 2.86. The van der Waals surface area contributed by atoms with E-state index in [1.165, 1.54) is 6.07 Å². The Morgan fingerprint density at radius 2 is 2.30 bits per heavy atom. The lowest BCUT2D eigenvalue weighted by molar-refractivity contribution is -0.115. The quantitative estimate of drug-likeness (QED) is 0.375. The van der Waals surface area contributed by atoms with Crippen molar-refractivity contribution in [3.05, 3.63) is 23.2 Å². The van der Waals surface area contributed by atoms with Crippen molar-refractivity contribution >= 4 is 40.4 Å². The van der Waals surface area contributed by atoms with Gasteiger partial charge in [-0.1, -0.05) is 18.5 Å². The SMILES string of the molecule is CCC(=O)Nc1ccc(N/N=C(\C#N)C(=N)N)cc1Cl. The van der Waals surface area contributed by atoms with Crippen molar-refractivity contribution in [2.24, 2.45) is 10.8 Å². The fourth-order valence-corrected chi connectivity index (χ4v) is 1.42. The molecule has 0 spiro atoms. The summed E-state index contributed by atoms with van der Waals surface area (Å²) in [6, 6.07) is 6.44. The maximum atomic E-state index is 11.3. The number of nitrogens with two attached hydrogens (primary N) is 1. The first-order valence-corrected chi connectivity index (χ1v) is 6.03. The first kappa shape index (κ1) is 15.5. The highest BCUT2D eigenvalue weighted by Crippen LogP contribution is 2.25. The second-order valence-electron chi connectivity index (χ2n) is 3.69. The molecular formula is C12H13ClN6O. The number of nitriles is 1. The number of rotatable bonds is 5. The smallest absolute Gasteiger partial charge is 0.224 e. The van der Waals surface area contributed by atoms with E-state index in [0.717, 1.165) is 0 Å². The van der Waals surface area contributed by atoms with Crippen LogP contribution in [0.1, 0.15) is 13.3 Å². The Hall–Kier alpha value is -2.59. The molecule has 5 N–H and O–H groups in total. The van der Waals surface area contributed by atoms with Crippen LogP contribution in [0.3, 0.4) is 0 Å². The zero-order valence-electron chi connectivity index (χ0n) is 10.7. The van der Waals surface area contributed by atoms with Gasteiger partial charge < -0.3 is 11.1 Å². The van der Waals surface area contributed by atoms with Gasteiger partial charge in [-0.05, 0) is 18.2 Å². The number of nitrogens with one attached hydrogen (secondary N) is 3. The summed E-state index contributed by atoms with van der Waals surface area (Å²) >= 11 is 6.01. The number of amides is 1. The summed E-state index contributed by atoms with van der Waals surface area (Å²) in [4.78, 5) is 11.3. The molecule has 7 nitrogen and oxygen atoms in total. The number of halogens is 1. The van der Waals surface area contributed by atoms with E-state index in [-0.39, 0.29) is 11.6 Å². The second kappa shape index (κ2) is 7.11. The molecular weight excluding hydrogens is 280 g/mol. The van der Waals surface area contributed by atoms with Gasteiger partial charge in [0.05, 0.1) is 16.4 Å². The average molecular weight is 293 g/mol. The van der Waals surface area contributed by atoms with Gasteiger partial charge >= 0.3 is 0 Å². The summed E-state index contributed by atoms with van der Waals surface area (Å²) in [5, 5.41) is 22.4. The lowest BCUT2D eigenvalue weighted by atomic mass is 10.2. The Morgan fingerprint density at radius 1 is 1.60 bits per heavy atom. The maximum Gasteiger partial charge on any atom is 0.224 e. The predicted octanol–water partition coefficient (Wildman–Crippen LogP) is 1.92. The van der Waals surface area contributed by atoms with Gasteiger partial charge in [-0.3, -0.25) is 15.6 Å². The Bertz CT molecular complexity index is 604. The van der Waals surface area contributed by atoms with Gasteiger partial charge in [0.15, 0.2) is 5.84 Å². The number of hydrogen-bond donors (Lipinski definition) is 4. The molecule has 0 unspecified atom stereocenters. The van der Waals surface area contributed by atoms with Gasteiger partial charge in [-0.2, -0.15) is 10.4 Å². The van der Waals surface area contributed by atoms with Crippen LogP contribution in [0.4, 0.5) is 11.4 Å². The van der Waals surface area contributed by atoms with Gasteiger partial charge in [0.25, 0.3) is 0 Å². The van der Waals surface area contributed by atoms with E-state index in [1.807, 2.05) is 0 Å². The number of hydrazone groups is 1. The van der Waals surface area contributed by atoms with E-state index in [0.29, 0.717) is 22.8 Å². The molecule has 0 fully saturated rings. The second-order valence-corrected chi connectivity index (χ2v) is 4.10. The summed E-state index contributed by atoms with van der Waals surface area (Å²) in [7, 11) is 0. The van der Waals surface area contributed by atoms with Crippen molar-refractivity contribution < 1.29 is 4.79 Å². The molecule has 0 saturated carbocycles. The molecule has 0 atom stereocenters. The van der Waals surface area contributed by atoms with E-state index in [1.54, 1.807) is 25.1 Å². The van der Waals surface area contributed by atoms with E-state index in [2.05, 4.69) is 15.8 Å². The van der Waals surface area contributed by atoms with Crippen molar-refractivity contribution in [3.8, 4) is 6.07 Å². The molecule has 0 aliphatic rings. The molecule has 0 heterocycles. The number of anilines is 2. The van der Waals surface area contributed by atoms with Crippen LogP contribution in [0, 0.1) is 16.7 Å². The van der Waals surface area contributed by atoms with Crippen molar-refractivity contribution in [2.75, 3.05) is 10.7 Å². The highest BCUT2D eigenvalue weighted by Gasteiger charge is 2.05. The first-order valence-electron chi connectivity index (χ1n) is 5.65. The molecule has 0 bridgehead atoms. The molecule has 104 valence electrons. The normalized spacial score (nSPS) is 10.6. The number of carbonyl (C=O) groups is 1. The van der Waals surface area contributed by atoms with Crippen molar-refractivity contribution in [3.63, 3.8) is 0 Å². The van der Waals surface area contributed by atoms with Crippen LogP contribution >= 0.6 is 11.6 Å². The lowest BCUT2D eigenvalue weighted by Crippen LogP contribution is -2.21. The highest BCUT2D eigenvalue weighted by molar-refractivity contribution is 6.45. The third-order valence-corrected chi connectivity index (χ3v) is 2.53. The molecule has 1 aromatic rings. The van der Waals surface area contributed by atoms with Gasteiger partial charge in [0.1, 0.15) is 6.07 Å². The molecule has 0 aromatic heterocycles. The van der Waals surface area contributed by atoms with Crippen LogP contribution in [0.2, 0.25) is 5.02 Å². The summed E-state index contributed by atoms with van der Waals surface area (Å²) < 4.78 is 0. The molecule has 1 amide bonds. The molecule has 1 rings (SSSR count). The largest absolute Gasteiger partial charge is 0.382 e. The zero-order valence-corrected chi connectivity index (χ0v) is 11.5. The molecule has 0 radical (unpaired) electrons. The van der Waals surface area contributed by atoms with Crippen LogP contribution in [0.25, 0.3) is 0 Å². The Morgan fingerprint density at radius 3 is 2.80 bits per heavy atom. The van der Waals surface area contributed by atoms with Crippen LogP contribution < -0.4 is 16.5 Å². The van der Waals surface area contributed by atoms with Crippen molar-refractivity contribution in [1.29, 1.82) is 10.7 Å². The summed E-state index contributed by atoms with van der Waals surface area (Å²) in [6.45, 7) is 1.74. The van der Waals surface area contributed by atoms with Crippen LogP contribution in [-0.4, -0.2) is 17.5 Å². The van der Waals surface area contributed by atoms with E-state index in [4.69, 9.17) is 28.0 Å². The predicted molar refractivity (Wildman–Crippen MR) is 79.0 cm³/mol. The minimum atomic E-state index is -0.432. The summed E-state index contributed by atoms with van der Waals surface area (Å²) in [5.41, 5.74) is 8.46. The molecule has 0 aliphatic carbocycles. The van der Waals surface area contributed by atoms with E-state index < -0.39 is 5.84 Å². The average Bonchev–Trinajstić information content (AvgIpc) is 2.41. The standard InChI is InChI=1S/C12H13ClN6O/c1-2-11(20)17-9-4-3-7(5-8(9)13)18-19-10(6-14)12(15)16/h3-5,18H,2H2,1H3,(H3,15,16)(H,17,20)/b19-10+. The Kier molecular flexibility index (Phi) is 5.50. The van der Waals surface area contributed by atoms with E-state index in [9.17, 15) is 4.79 Å². The summed E-state index contributed by atoms with van der Waals surface area (Å²) in [6.07, 6.45) is 0.352. The van der Waals surface area contributed by atoms with Gasteiger partial charge in [-0.15, -0.1) is 0 Å². The highest BCUT2D eigenvalue weighted by atomic mass is 35.5. The number of benzene rings is 1. The minimum Gasteiger partial charge on any atom is -0.382 e. The van der Waals surface area contributed by atoms with Gasteiger partial charge in [0, 0.05) is 6.42 Å². The lowest BCUT2D eigenvalue weighted by Gasteiger charge is -2.08. The summed E-state index contributed by atoms with van der Waals surface area (Å²) in [5.74, 6) is -0.577. The molecule has 0 aliphatic heterocycles. The minimum absolute atomic E-state index is 0.144. The van der Waals surface area contributed by atoms with Gasteiger partial charge in [-0.25, -0.2) is 0 Å². The van der Waals surface area contributed by atoms with Gasteiger partial charge in [0.2, 0.25) is 11.6 Å². The third kappa shape index (κ3) is 4.26. The number of carbonyl (C=O) groups excluding carboxylic acids is 1. The molecule has 1 aromatic carbocycles. The number of amidine groups is 1. The molecule has 20 heavy (non-hydrogen) atoms. The first-order chi connectivity index (χ1) is 9.47. The fourth-order valence-electron chi connectivity index (χ4n) is 1.19. The van der Waals surface area contributed by atoms with Crippen LogP contribution in [0.15, 0.2) is 23.3 Å². The van der Waals surface area contributed by atoms with E-state index >= 15 is 0 Å². The number of hydrogen-bond acceptors (Lipinski definition) is 5. The van der Waals surface area contributed by atoms with Crippen molar-refractivity contribution in [2.45, 2.75) is 13.3 Å². The maximum absolute atomic E-state index is 11.3. The molecule has 8 heteroatoms.